The number of hydrogen-bond donors (Lipinski definition) is 1. The highest BCUT2D eigenvalue weighted by atomic mass is 32.2. The first-order valence-electron chi connectivity index (χ1n) is 7.97. The highest BCUT2D eigenvalue weighted by Crippen LogP contribution is 2.27. The van der Waals surface area contributed by atoms with Crippen LogP contribution in [-0.4, -0.2) is 53.1 Å². The van der Waals surface area contributed by atoms with Gasteiger partial charge in [0.1, 0.15) is 16.4 Å². The van der Waals surface area contributed by atoms with Crippen LogP contribution in [0, 0.1) is 0 Å². The van der Waals surface area contributed by atoms with E-state index in [0.29, 0.717) is 18.8 Å². The Morgan fingerprint density at radius 2 is 1.79 bits per heavy atom. The number of rotatable bonds is 6. The summed E-state index contributed by atoms with van der Waals surface area (Å²) in [6.07, 6.45) is 4.14. The molecule has 0 aliphatic carbocycles. The third-order valence-corrected chi connectivity index (χ3v) is 5.45. The standard InChI is InChI=1S/C16H24N2O5S/c1-22-13-7-8-14(23-2)15(11-13)24(20,21)17-12-16(19)18-9-5-3-4-6-10-18/h7-8,11,17H,3-6,9-10,12H2,1-2H3. The third-order valence-electron chi connectivity index (χ3n) is 4.03. The number of nitrogens with zero attached hydrogens (tertiary/aromatic N) is 1. The van der Waals surface area contributed by atoms with Crippen molar-refractivity contribution < 1.29 is 22.7 Å². The van der Waals surface area contributed by atoms with Gasteiger partial charge in [-0.3, -0.25) is 4.79 Å². The molecule has 0 saturated carbocycles. The number of carbonyl (C=O) groups is 1. The quantitative estimate of drug-likeness (QED) is 0.832. The minimum atomic E-state index is -3.88. The molecule has 1 N–H and O–H groups in total. The van der Waals surface area contributed by atoms with Gasteiger partial charge in [-0.25, -0.2) is 13.1 Å². The van der Waals surface area contributed by atoms with Crippen LogP contribution in [-0.2, 0) is 14.8 Å². The molecule has 1 amide bonds. The summed E-state index contributed by atoms with van der Waals surface area (Å²) in [4.78, 5) is 13.9. The van der Waals surface area contributed by atoms with E-state index in [4.69, 9.17) is 9.47 Å². The summed E-state index contributed by atoms with van der Waals surface area (Å²) in [5.41, 5.74) is 0. The second kappa shape index (κ2) is 8.34. The number of ether oxygens (including phenoxy) is 2. The van der Waals surface area contributed by atoms with Crippen LogP contribution < -0.4 is 14.2 Å². The highest BCUT2D eigenvalue weighted by molar-refractivity contribution is 7.89. The third kappa shape index (κ3) is 4.61. The SMILES string of the molecule is COc1ccc(OC)c(S(=O)(=O)NCC(=O)N2CCCCCC2)c1. The summed E-state index contributed by atoms with van der Waals surface area (Å²) >= 11 is 0. The van der Waals surface area contributed by atoms with Gasteiger partial charge in [-0.15, -0.1) is 0 Å². The van der Waals surface area contributed by atoms with Gasteiger partial charge in [0, 0.05) is 19.2 Å². The lowest BCUT2D eigenvalue weighted by molar-refractivity contribution is -0.129. The van der Waals surface area contributed by atoms with E-state index in [1.807, 2.05) is 0 Å². The number of likely N-dealkylation sites (tertiary alicyclic amines) is 1. The smallest absolute Gasteiger partial charge is 0.244 e. The highest BCUT2D eigenvalue weighted by Gasteiger charge is 2.23. The Morgan fingerprint density at radius 3 is 2.38 bits per heavy atom. The molecule has 24 heavy (non-hydrogen) atoms. The van der Waals surface area contributed by atoms with Crippen molar-refractivity contribution in [1.29, 1.82) is 0 Å². The van der Waals surface area contributed by atoms with Crippen LogP contribution in [0.25, 0.3) is 0 Å². The Morgan fingerprint density at radius 1 is 1.12 bits per heavy atom. The van der Waals surface area contributed by atoms with E-state index in [9.17, 15) is 13.2 Å². The first-order valence-corrected chi connectivity index (χ1v) is 9.45. The molecule has 1 aromatic rings. The van der Waals surface area contributed by atoms with Gasteiger partial charge >= 0.3 is 0 Å². The Kier molecular flexibility index (Phi) is 6.44. The molecule has 1 fully saturated rings. The number of methoxy groups -OCH3 is 2. The molecule has 1 aliphatic rings. The largest absolute Gasteiger partial charge is 0.497 e. The molecule has 1 aliphatic heterocycles. The normalized spacial score (nSPS) is 15.7. The average Bonchev–Trinajstić information content (AvgIpc) is 2.88. The molecule has 0 radical (unpaired) electrons. The second-order valence-corrected chi connectivity index (χ2v) is 7.37. The fraction of sp³-hybridized carbons (Fsp3) is 0.562. The van der Waals surface area contributed by atoms with Gasteiger partial charge in [0.25, 0.3) is 0 Å². The van der Waals surface area contributed by atoms with Crippen LogP contribution in [0.3, 0.4) is 0 Å². The maximum atomic E-state index is 12.5. The molecule has 0 unspecified atom stereocenters. The average molecular weight is 356 g/mol. The maximum Gasteiger partial charge on any atom is 0.244 e. The van der Waals surface area contributed by atoms with Crippen LogP contribution in [0.5, 0.6) is 11.5 Å². The van der Waals surface area contributed by atoms with Gasteiger partial charge in [-0.05, 0) is 25.0 Å². The zero-order chi connectivity index (χ0) is 17.6. The zero-order valence-corrected chi connectivity index (χ0v) is 14.9. The lowest BCUT2D eigenvalue weighted by Crippen LogP contribution is -2.40. The minimum Gasteiger partial charge on any atom is -0.497 e. The molecule has 0 aromatic heterocycles. The summed E-state index contributed by atoms with van der Waals surface area (Å²) in [5.74, 6) is 0.392. The van der Waals surface area contributed by atoms with E-state index >= 15 is 0 Å². The molecule has 0 spiro atoms. The Bertz CT molecular complexity index is 667. The Hall–Kier alpha value is -1.80. The molecular weight excluding hydrogens is 332 g/mol. The van der Waals surface area contributed by atoms with Crippen molar-refractivity contribution in [3.8, 4) is 11.5 Å². The monoisotopic (exact) mass is 356 g/mol. The van der Waals surface area contributed by atoms with Crippen molar-refractivity contribution in [2.45, 2.75) is 30.6 Å². The first kappa shape index (κ1) is 18.5. The zero-order valence-electron chi connectivity index (χ0n) is 14.1. The van der Waals surface area contributed by atoms with Crippen molar-refractivity contribution in [2.75, 3.05) is 33.9 Å². The van der Waals surface area contributed by atoms with E-state index in [0.717, 1.165) is 25.7 Å². The van der Waals surface area contributed by atoms with Crippen molar-refractivity contribution in [3.05, 3.63) is 18.2 Å². The van der Waals surface area contributed by atoms with Gasteiger partial charge in [-0.1, -0.05) is 12.8 Å². The number of sulfonamides is 1. The molecule has 134 valence electrons. The molecular formula is C16H24N2O5S. The summed E-state index contributed by atoms with van der Waals surface area (Å²) in [7, 11) is -1.04. The molecule has 0 bridgehead atoms. The molecule has 1 heterocycles. The topological polar surface area (TPSA) is 84.9 Å². The summed E-state index contributed by atoms with van der Waals surface area (Å²) < 4.78 is 37.6. The Labute approximate surface area is 143 Å². The summed E-state index contributed by atoms with van der Waals surface area (Å²) in [5, 5.41) is 0. The summed E-state index contributed by atoms with van der Waals surface area (Å²) in [6.45, 7) is 1.11. The van der Waals surface area contributed by atoms with Crippen molar-refractivity contribution in [1.82, 2.24) is 9.62 Å². The molecule has 7 nitrogen and oxygen atoms in total. The molecule has 1 aromatic carbocycles. The van der Waals surface area contributed by atoms with E-state index < -0.39 is 10.0 Å². The fourth-order valence-electron chi connectivity index (χ4n) is 2.66. The van der Waals surface area contributed by atoms with E-state index in [1.54, 1.807) is 11.0 Å². The van der Waals surface area contributed by atoms with Crippen molar-refractivity contribution in [3.63, 3.8) is 0 Å². The van der Waals surface area contributed by atoms with Crippen molar-refractivity contribution in [2.24, 2.45) is 0 Å². The first-order chi connectivity index (χ1) is 11.5. The predicted octanol–water partition coefficient (Wildman–Crippen LogP) is 1.38. The lowest BCUT2D eigenvalue weighted by Gasteiger charge is -2.20. The van der Waals surface area contributed by atoms with E-state index in [2.05, 4.69) is 4.72 Å². The molecule has 2 rings (SSSR count). The van der Waals surface area contributed by atoms with Crippen LogP contribution in [0.1, 0.15) is 25.7 Å². The number of amides is 1. The van der Waals surface area contributed by atoms with Gasteiger partial charge in [-0.2, -0.15) is 0 Å². The van der Waals surface area contributed by atoms with Gasteiger partial charge in [0.15, 0.2) is 0 Å². The predicted molar refractivity (Wildman–Crippen MR) is 89.8 cm³/mol. The van der Waals surface area contributed by atoms with Crippen LogP contribution in [0.15, 0.2) is 23.1 Å². The lowest BCUT2D eigenvalue weighted by atomic mass is 10.2. The molecule has 8 heteroatoms. The Balaban J connectivity index is 2.09. The minimum absolute atomic E-state index is 0.0481. The maximum absolute atomic E-state index is 12.5. The second-order valence-electron chi connectivity index (χ2n) is 5.64. The summed E-state index contributed by atoms with van der Waals surface area (Å²) in [6, 6.07) is 4.50. The van der Waals surface area contributed by atoms with Gasteiger partial charge < -0.3 is 14.4 Å². The van der Waals surface area contributed by atoms with Crippen molar-refractivity contribution >= 4 is 15.9 Å². The van der Waals surface area contributed by atoms with Crippen LogP contribution >= 0.6 is 0 Å². The van der Waals surface area contributed by atoms with Gasteiger partial charge in [0.2, 0.25) is 15.9 Å². The van der Waals surface area contributed by atoms with E-state index in [1.165, 1.54) is 26.4 Å². The number of carbonyl (C=O) groups excluding carboxylic acids is 1. The molecule has 0 atom stereocenters. The fourth-order valence-corrected chi connectivity index (χ4v) is 3.82. The number of nitrogens with one attached hydrogen (secondary N) is 1. The van der Waals surface area contributed by atoms with Crippen LogP contribution in [0.2, 0.25) is 0 Å². The number of benzene rings is 1. The molecule has 1 saturated heterocycles. The van der Waals surface area contributed by atoms with Crippen LogP contribution in [0.4, 0.5) is 0 Å². The number of hydrogen-bond acceptors (Lipinski definition) is 5. The van der Waals surface area contributed by atoms with E-state index in [-0.39, 0.29) is 23.1 Å². The van der Waals surface area contributed by atoms with Gasteiger partial charge in [0.05, 0.1) is 20.8 Å².